The molecule has 1 aromatic rings. The van der Waals surface area contributed by atoms with Gasteiger partial charge in [-0.15, -0.1) is 11.6 Å². The maximum absolute atomic E-state index is 5.89. The highest BCUT2D eigenvalue weighted by atomic mass is 35.5. The first-order valence-electron chi connectivity index (χ1n) is 5.69. The van der Waals surface area contributed by atoms with Crippen molar-refractivity contribution in [2.45, 2.75) is 25.8 Å². The Labute approximate surface area is 108 Å². The molecule has 0 heterocycles. The van der Waals surface area contributed by atoms with E-state index in [1.54, 1.807) is 7.11 Å². The Morgan fingerprint density at radius 2 is 2.06 bits per heavy atom. The van der Waals surface area contributed by atoms with Crippen molar-refractivity contribution in [3.8, 4) is 11.5 Å². The molecule has 1 rings (SSSR count). The molecule has 0 saturated heterocycles. The molecule has 0 fully saturated rings. The lowest BCUT2D eigenvalue weighted by atomic mass is 10.2. The number of alkyl halides is 1. The largest absolute Gasteiger partial charge is 0.490 e. The van der Waals surface area contributed by atoms with Crippen molar-refractivity contribution >= 4 is 11.6 Å². The van der Waals surface area contributed by atoms with Crippen LogP contribution in [0.2, 0.25) is 0 Å². The second kappa shape index (κ2) is 7.41. The van der Waals surface area contributed by atoms with Gasteiger partial charge in [-0.3, -0.25) is 0 Å². The fourth-order valence-electron chi connectivity index (χ4n) is 1.37. The van der Waals surface area contributed by atoms with Crippen LogP contribution in [0.5, 0.6) is 11.5 Å². The Balaban J connectivity index is 2.84. The molecular formula is C13H19ClO3. The van der Waals surface area contributed by atoms with Crippen molar-refractivity contribution < 1.29 is 14.2 Å². The Hall–Kier alpha value is -0.930. The maximum atomic E-state index is 5.89. The first kappa shape index (κ1) is 14.1. The highest BCUT2D eigenvalue weighted by Gasteiger charge is 2.11. The van der Waals surface area contributed by atoms with Gasteiger partial charge in [0.1, 0.15) is 6.61 Å². The van der Waals surface area contributed by atoms with Crippen molar-refractivity contribution in [2.75, 3.05) is 20.3 Å². The first-order valence-corrected chi connectivity index (χ1v) is 6.22. The van der Waals surface area contributed by atoms with Crippen LogP contribution in [0.15, 0.2) is 18.2 Å². The average Bonchev–Trinajstić information content (AvgIpc) is 2.36. The molecule has 0 N–H and O–H groups in total. The van der Waals surface area contributed by atoms with Crippen LogP contribution in [0.3, 0.4) is 0 Å². The molecule has 1 unspecified atom stereocenters. The van der Waals surface area contributed by atoms with Crippen molar-refractivity contribution in [1.29, 1.82) is 0 Å². The Bertz CT molecular complexity index is 341. The average molecular weight is 259 g/mol. The molecular weight excluding hydrogens is 240 g/mol. The number of hydrogen-bond donors (Lipinski definition) is 0. The number of rotatable bonds is 7. The van der Waals surface area contributed by atoms with Gasteiger partial charge >= 0.3 is 0 Å². The van der Waals surface area contributed by atoms with E-state index in [0.29, 0.717) is 24.8 Å². The van der Waals surface area contributed by atoms with Crippen LogP contribution in [0.4, 0.5) is 0 Å². The summed E-state index contributed by atoms with van der Waals surface area (Å²) < 4.78 is 16.4. The summed E-state index contributed by atoms with van der Waals surface area (Å²) in [5.41, 5.74) is 0.931. The second-order valence-electron chi connectivity index (χ2n) is 3.67. The van der Waals surface area contributed by atoms with Gasteiger partial charge in [0, 0.05) is 12.7 Å². The van der Waals surface area contributed by atoms with Crippen LogP contribution in [0, 0.1) is 0 Å². The number of halogens is 1. The molecule has 4 heteroatoms. The van der Waals surface area contributed by atoms with Crippen LogP contribution >= 0.6 is 11.6 Å². The third kappa shape index (κ3) is 4.10. The van der Waals surface area contributed by atoms with Gasteiger partial charge < -0.3 is 14.2 Å². The van der Waals surface area contributed by atoms with E-state index in [1.165, 1.54) is 0 Å². The molecule has 0 aliphatic rings. The van der Waals surface area contributed by atoms with Crippen LogP contribution in [0.1, 0.15) is 19.4 Å². The monoisotopic (exact) mass is 258 g/mol. The van der Waals surface area contributed by atoms with Crippen LogP contribution < -0.4 is 9.47 Å². The lowest BCUT2D eigenvalue weighted by Gasteiger charge is -2.17. The van der Waals surface area contributed by atoms with E-state index in [-0.39, 0.29) is 6.10 Å². The van der Waals surface area contributed by atoms with E-state index >= 15 is 0 Å². The molecule has 0 aliphatic heterocycles. The summed E-state index contributed by atoms with van der Waals surface area (Å²) in [7, 11) is 1.66. The molecule has 0 saturated carbocycles. The van der Waals surface area contributed by atoms with Crippen LogP contribution in [0.25, 0.3) is 0 Å². The summed E-state index contributed by atoms with van der Waals surface area (Å²) in [4.78, 5) is 0. The van der Waals surface area contributed by atoms with E-state index in [4.69, 9.17) is 25.8 Å². The zero-order valence-electron chi connectivity index (χ0n) is 10.5. The number of ether oxygens (including phenoxy) is 3. The molecule has 0 bridgehead atoms. The molecule has 1 atom stereocenters. The minimum Gasteiger partial charge on any atom is -0.490 e. The lowest BCUT2D eigenvalue weighted by Crippen LogP contribution is -2.17. The smallest absolute Gasteiger partial charge is 0.165 e. The molecule has 0 amide bonds. The van der Waals surface area contributed by atoms with Gasteiger partial charge in [-0.2, -0.15) is 0 Å². The summed E-state index contributed by atoms with van der Waals surface area (Å²) >= 11 is 5.89. The predicted molar refractivity (Wildman–Crippen MR) is 69.1 cm³/mol. The lowest BCUT2D eigenvalue weighted by molar-refractivity contribution is 0.0700. The van der Waals surface area contributed by atoms with Gasteiger partial charge in [-0.05, 0) is 19.9 Å². The molecule has 17 heavy (non-hydrogen) atoms. The minimum atomic E-state index is 0.0351. The Morgan fingerprint density at radius 3 is 2.65 bits per heavy atom. The molecule has 0 aromatic heterocycles. The van der Waals surface area contributed by atoms with Crippen LogP contribution in [-0.2, 0) is 10.6 Å². The number of methoxy groups -OCH3 is 1. The van der Waals surface area contributed by atoms with Gasteiger partial charge in [0.2, 0.25) is 0 Å². The molecule has 0 spiro atoms. The molecule has 1 aromatic carbocycles. The SMILES string of the molecule is CCOc1cccc(CCl)c1OCC(C)OC. The zero-order valence-corrected chi connectivity index (χ0v) is 11.3. The summed E-state index contributed by atoms with van der Waals surface area (Å²) in [6.07, 6.45) is 0.0351. The fourth-order valence-corrected chi connectivity index (χ4v) is 1.58. The molecule has 0 radical (unpaired) electrons. The molecule has 0 aliphatic carbocycles. The third-order valence-electron chi connectivity index (χ3n) is 2.37. The number of para-hydroxylation sites is 1. The van der Waals surface area contributed by atoms with Crippen molar-refractivity contribution in [2.24, 2.45) is 0 Å². The minimum absolute atomic E-state index is 0.0351. The maximum Gasteiger partial charge on any atom is 0.165 e. The third-order valence-corrected chi connectivity index (χ3v) is 2.66. The number of benzene rings is 1. The Morgan fingerprint density at radius 1 is 1.29 bits per heavy atom. The zero-order chi connectivity index (χ0) is 12.7. The van der Waals surface area contributed by atoms with Gasteiger partial charge in [-0.25, -0.2) is 0 Å². The van der Waals surface area contributed by atoms with Crippen molar-refractivity contribution in [3.05, 3.63) is 23.8 Å². The quantitative estimate of drug-likeness (QED) is 0.703. The first-order chi connectivity index (χ1) is 8.22. The van der Waals surface area contributed by atoms with Gasteiger partial charge in [0.25, 0.3) is 0 Å². The van der Waals surface area contributed by atoms with Gasteiger partial charge in [0.05, 0.1) is 18.6 Å². The van der Waals surface area contributed by atoms with Crippen LogP contribution in [-0.4, -0.2) is 26.4 Å². The van der Waals surface area contributed by atoms with Gasteiger partial charge in [0.15, 0.2) is 11.5 Å². The molecule has 3 nitrogen and oxygen atoms in total. The topological polar surface area (TPSA) is 27.7 Å². The van der Waals surface area contributed by atoms with E-state index in [0.717, 1.165) is 11.3 Å². The Kier molecular flexibility index (Phi) is 6.16. The van der Waals surface area contributed by atoms with E-state index in [9.17, 15) is 0 Å². The van der Waals surface area contributed by atoms with E-state index in [1.807, 2.05) is 32.0 Å². The number of hydrogen-bond acceptors (Lipinski definition) is 3. The second-order valence-corrected chi connectivity index (χ2v) is 3.94. The predicted octanol–water partition coefficient (Wildman–Crippen LogP) is 3.24. The normalized spacial score (nSPS) is 12.2. The van der Waals surface area contributed by atoms with E-state index in [2.05, 4.69) is 0 Å². The summed E-state index contributed by atoms with van der Waals surface area (Å²) in [6, 6.07) is 5.73. The fraction of sp³-hybridized carbons (Fsp3) is 0.538. The molecule has 96 valence electrons. The van der Waals surface area contributed by atoms with E-state index < -0.39 is 0 Å². The standard InChI is InChI=1S/C13H19ClO3/c1-4-16-12-7-5-6-11(8-14)13(12)17-9-10(2)15-3/h5-7,10H,4,8-9H2,1-3H3. The highest BCUT2D eigenvalue weighted by Crippen LogP contribution is 2.32. The summed E-state index contributed by atoms with van der Waals surface area (Å²) in [6.45, 7) is 4.96. The summed E-state index contributed by atoms with van der Waals surface area (Å²) in [5.74, 6) is 1.85. The van der Waals surface area contributed by atoms with Crippen molar-refractivity contribution in [3.63, 3.8) is 0 Å². The van der Waals surface area contributed by atoms with Crippen molar-refractivity contribution in [1.82, 2.24) is 0 Å². The summed E-state index contributed by atoms with van der Waals surface area (Å²) in [5, 5.41) is 0. The van der Waals surface area contributed by atoms with Gasteiger partial charge in [-0.1, -0.05) is 12.1 Å². The highest BCUT2D eigenvalue weighted by molar-refractivity contribution is 6.17.